The molecule has 0 aromatic carbocycles. The minimum absolute atomic E-state index is 0.0589. The maximum Gasteiger partial charge on any atom is 0.155 e. The molecule has 0 bridgehead atoms. The van der Waals surface area contributed by atoms with Crippen molar-refractivity contribution in [3.63, 3.8) is 0 Å². The van der Waals surface area contributed by atoms with Crippen LogP contribution < -0.4 is 0 Å². The van der Waals surface area contributed by atoms with Crippen LogP contribution in [0.2, 0.25) is 0 Å². The van der Waals surface area contributed by atoms with E-state index in [0.29, 0.717) is 6.42 Å². The highest BCUT2D eigenvalue weighted by atomic mass is 16.1. The number of allylic oxidation sites excluding steroid dienone is 2. The maximum absolute atomic E-state index is 11.3. The molecule has 0 N–H and O–H groups in total. The molecule has 0 rings (SSSR count). The predicted octanol–water partition coefficient (Wildman–Crippen LogP) is 5.01. The molecule has 19 heavy (non-hydrogen) atoms. The normalized spacial score (nSPS) is 11.1. The summed E-state index contributed by atoms with van der Waals surface area (Å²) in [6.45, 7) is 3.71. The Bertz CT molecular complexity index is 266. The lowest BCUT2D eigenvalue weighted by Gasteiger charge is -2.01. The Morgan fingerprint density at radius 1 is 0.737 bits per heavy atom. The minimum Gasteiger partial charge on any atom is -0.295 e. The molecule has 0 saturated heterocycles. The van der Waals surface area contributed by atoms with Crippen LogP contribution in [0.3, 0.4) is 0 Å². The first kappa shape index (κ1) is 18.1. The van der Waals surface area contributed by atoms with E-state index in [2.05, 4.69) is 6.92 Å². The lowest BCUT2D eigenvalue weighted by atomic mass is 10.0. The highest BCUT2D eigenvalue weighted by Gasteiger charge is 1.97. The highest BCUT2D eigenvalue weighted by molar-refractivity contribution is 5.97. The van der Waals surface area contributed by atoms with Gasteiger partial charge >= 0.3 is 0 Å². The summed E-state index contributed by atoms with van der Waals surface area (Å²) in [5, 5.41) is 0. The van der Waals surface area contributed by atoms with Gasteiger partial charge < -0.3 is 0 Å². The van der Waals surface area contributed by atoms with Gasteiger partial charge in [0.2, 0.25) is 0 Å². The van der Waals surface area contributed by atoms with Crippen molar-refractivity contribution in [1.82, 2.24) is 0 Å². The Kier molecular flexibility index (Phi) is 12.9. The highest BCUT2D eigenvalue weighted by Crippen LogP contribution is 2.11. The quantitative estimate of drug-likeness (QED) is 0.347. The van der Waals surface area contributed by atoms with E-state index in [4.69, 9.17) is 0 Å². The molecule has 0 saturated carbocycles. The van der Waals surface area contributed by atoms with Crippen molar-refractivity contribution in [3.05, 3.63) is 12.2 Å². The molecular weight excluding hydrogens is 236 g/mol. The molecule has 0 atom stereocenters. The van der Waals surface area contributed by atoms with Gasteiger partial charge in [-0.05, 0) is 25.5 Å². The van der Waals surface area contributed by atoms with E-state index in [0.717, 1.165) is 12.8 Å². The molecule has 0 aromatic heterocycles. The van der Waals surface area contributed by atoms with Crippen LogP contribution in [0.5, 0.6) is 0 Å². The van der Waals surface area contributed by atoms with Gasteiger partial charge in [0, 0.05) is 6.42 Å². The summed E-state index contributed by atoms with van der Waals surface area (Å²) >= 11 is 0. The second-order valence-corrected chi connectivity index (χ2v) is 5.34. The first-order chi connectivity index (χ1) is 9.16. The first-order valence-corrected chi connectivity index (χ1v) is 7.88. The molecule has 0 unspecified atom stereocenters. The van der Waals surface area contributed by atoms with Crippen molar-refractivity contribution in [3.8, 4) is 0 Å². The third kappa shape index (κ3) is 15.0. The van der Waals surface area contributed by atoms with Crippen LogP contribution >= 0.6 is 0 Å². The topological polar surface area (TPSA) is 34.1 Å². The molecular formula is C17H30O2. The number of hydrogen-bond donors (Lipinski definition) is 0. The molecule has 0 spiro atoms. The van der Waals surface area contributed by atoms with Crippen LogP contribution in [0.1, 0.15) is 84.5 Å². The summed E-state index contributed by atoms with van der Waals surface area (Å²) in [6.07, 6.45) is 16.1. The number of hydrogen-bond acceptors (Lipinski definition) is 2. The Balaban J connectivity index is 3.22. The second-order valence-electron chi connectivity index (χ2n) is 5.34. The van der Waals surface area contributed by atoms with Gasteiger partial charge in [-0.15, -0.1) is 0 Å². The van der Waals surface area contributed by atoms with Crippen molar-refractivity contribution in [2.45, 2.75) is 84.5 Å². The fourth-order valence-electron chi connectivity index (χ4n) is 2.08. The van der Waals surface area contributed by atoms with E-state index in [1.807, 2.05) is 0 Å². The van der Waals surface area contributed by atoms with Crippen molar-refractivity contribution >= 4 is 11.6 Å². The average molecular weight is 266 g/mol. The standard InChI is InChI=1S/C17H30O2/c1-3-4-5-6-7-8-9-10-11-12-13-17(19)15-14-16(2)18/h14-15H,3-13H2,1-2H3/b15-14+. The second kappa shape index (κ2) is 13.5. The molecule has 2 heteroatoms. The van der Waals surface area contributed by atoms with Crippen LogP contribution in [0.15, 0.2) is 12.2 Å². The van der Waals surface area contributed by atoms with Gasteiger partial charge in [0.05, 0.1) is 0 Å². The predicted molar refractivity (Wildman–Crippen MR) is 81.3 cm³/mol. The Labute approximate surface area is 118 Å². The smallest absolute Gasteiger partial charge is 0.155 e. The number of carbonyl (C=O) groups excluding carboxylic acids is 2. The van der Waals surface area contributed by atoms with Crippen molar-refractivity contribution in [1.29, 1.82) is 0 Å². The minimum atomic E-state index is -0.0589. The summed E-state index contributed by atoms with van der Waals surface area (Å²) in [5.74, 6) is 0.0196. The summed E-state index contributed by atoms with van der Waals surface area (Å²) in [4.78, 5) is 22.0. The van der Waals surface area contributed by atoms with Crippen LogP contribution in [-0.2, 0) is 9.59 Å². The van der Waals surface area contributed by atoms with E-state index in [1.54, 1.807) is 0 Å². The Morgan fingerprint density at radius 2 is 1.21 bits per heavy atom. The Hall–Kier alpha value is -0.920. The van der Waals surface area contributed by atoms with Gasteiger partial charge in [-0.25, -0.2) is 0 Å². The summed E-state index contributed by atoms with van der Waals surface area (Å²) in [7, 11) is 0. The van der Waals surface area contributed by atoms with Gasteiger partial charge in [0.1, 0.15) is 0 Å². The molecule has 0 fully saturated rings. The number of carbonyl (C=O) groups is 2. The fourth-order valence-corrected chi connectivity index (χ4v) is 2.08. The van der Waals surface area contributed by atoms with E-state index in [-0.39, 0.29) is 11.6 Å². The van der Waals surface area contributed by atoms with Gasteiger partial charge in [0.25, 0.3) is 0 Å². The zero-order valence-electron chi connectivity index (χ0n) is 12.7. The summed E-state index contributed by atoms with van der Waals surface area (Å²) in [5.41, 5.74) is 0. The molecule has 0 aliphatic heterocycles. The van der Waals surface area contributed by atoms with Crippen molar-refractivity contribution < 1.29 is 9.59 Å². The lowest BCUT2D eigenvalue weighted by Crippen LogP contribution is -1.94. The molecule has 0 aliphatic carbocycles. The molecule has 2 nitrogen and oxygen atoms in total. The monoisotopic (exact) mass is 266 g/mol. The van der Waals surface area contributed by atoms with Crippen LogP contribution in [0.4, 0.5) is 0 Å². The molecule has 0 aromatic rings. The number of ketones is 2. The van der Waals surface area contributed by atoms with Gasteiger partial charge in [-0.3, -0.25) is 9.59 Å². The van der Waals surface area contributed by atoms with E-state index in [9.17, 15) is 9.59 Å². The largest absolute Gasteiger partial charge is 0.295 e. The van der Waals surface area contributed by atoms with E-state index < -0.39 is 0 Å². The van der Waals surface area contributed by atoms with Crippen molar-refractivity contribution in [2.75, 3.05) is 0 Å². The summed E-state index contributed by atoms with van der Waals surface area (Å²) < 4.78 is 0. The van der Waals surface area contributed by atoms with Crippen LogP contribution in [0, 0.1) is 0 Å². The average Bonchev–Trinajstić information content (AvgIpc) is 2.38. The third-order valence-corrected chi connectivity index (χ3v) is 3.28. The van der Waals surface area contributed by atoms with Gasteiger partial charge in [0.15, 0.2) is 11.6 Å². The molecule has 0 amide bonds. The fraction of sp³-hybridized carbons (Fsp3) is 0.765. The zero-order chi connectivity index (χ0) is 14.3. The molecule has 0 heterocycles. The van der Waals surface area contributed by atoms with Crippen LogP contribution in [-0.4, -0.2) is 11.6 Å². The Morgan fingerprint density at radius 3 is 1.68 bits per heavy atom. The summed E-state index contributed by atoms with van der Waals surface area (Å²) in [6, 6.07) is 0. The zero-order valence-corrected chi connectivity index (χ0v) is 12.7. The third-order valence-electron chi connectivity index (χ3n) is 3.28. The molecule has 110 valence electrons. The van der Waals surface area contributed by atoms with Crippen molar-refractivity contribution in [2.24, 2.45) is 0 Å². The SMILES string of the molecule is CCCCCCCCCCCCC(=O)/C=C/C(C)=O. The van der Waals surface area contributed by atoms with E-state index in [1.165, 1.54) is 70.4 Å². The van der Waals surface area contributed by atoms with Crippen LogP contribution in [0.25, 0.3) is 0 Å². The lowest BCUT2D eigenvalue weighted by molar-refractivity contribution is -0.116. The first-order valence-electron chi connectivity index (χ1n) is 7.88. The molecule has 0 radical (unpaired) electrons. The maximum atomic E-state index is 11.3. The van der Waals surface area contributed by atoms with E-state index >= 15 is 0 Å². The molecule has 0 aliphatic rings. The number of unbranched alkanes of at least 4 members (excludes halogenated alkanes) is 9. The van der Waals surface area contributed by atoms with Gasteiger partial charge in [-0.2, -0.15) is 0 Å². The number of rotatable bonds is 13. The van der Waals surface area contributed by atoms with Gasteiger partial charge in [-0.1, -0.05) is 64.7 Å².